The highest BCUT2D eigenvalue weighted by Gasteiger charge is 2.16. The summed E-state index contributed by atoms with van der Waals surface area (Å²) in [4.78, 5) is 16.2. The number of aromatic nitrogens is 1. The van der Waals surface area contributed by atoms with Crippen LogP contribution in [0.1, 0.15) is 39.3 Å². The second-order valence-corrected chi connectivity index (χ2v) is 5.85. The van der Waals surface area contributed by atoms with E-state index in [1.807, 2.05) is 31.2 Å². The molecule has 1 N–H and O–H groups in total. The molecule has 0 bridgehead atoms. The van der Waals surface area contributed by atoms with Crippen LogP contribution in [0.2, 0.25) is 5.02 Å². The number of nitrogens with zero attached hydrogens (tertiary/aromatic N) is 1. The summed E-state index contributed by atoms with van der Waals surface area (Å²) in [5.41, 5.74) is 1.24. The molecular weight excluding hydrogens is 282 g/mol. The van der Waals surface area contributed by atoms with Gasteiger partial charge in [0.05, 0.1) is 5.01 Å². The number of aryl methyl sites for hydroxylation is 1. The van der Waals surface area contributed by atoms with Crippen LogP contribution in [0.15, 0.2) is 24.3 Å². The van der Waals surface area contributed by atoms with Crippen molar-refractivity contribution in [3.63, 3.8) is 0 Å². The molecule has 0 fully saturated rings. The molecule has 19 heavy (non-hydrogen) atoms. The van der Waals surface area contributed by atoms with Crippen molar-refractivity contribution in [2.45, 2.75) is 26.2 Å². The summed E-state index contributed by atoms with van der Waals surface area (Å²) in [6.45, 7) is 2.03. The first-order valence-electron chi connectivity index (χ1n) is 6.06. The molecule has 0 unspecified atom stereocenters. The number of hydrogen-bond donors (Lipinski definition) is 1. The first kappa shape index (κ1) is 14.0. The third-order valence-corrected chi connectivity index (χ3v) is 4.02. The molecule has 0 spiro atoms. The lowest BCUT2D eigenvalue weighted by molar-refractivity contribution is 0.0690. The van der Waals surface area contributed by atoms with Crippen molar-refractivity contribution in [3.8, 4) is 0 Å². The van der Waals surface area contributed by atoms with Crippen LogP contribution in [0.4, 0.5) is 0 Å². The Balaban J connectivity index is 2.25. The van der Waals surface area contributed by atoms with Gasteiger partial charge in [-0.25, -0.2) is 9.78 Å². The summed E-state index contributed by atoms with van der Waals surface area (Å²) >= 11 is 7.41. The zero-order chi connectivity index (χ0) is 13.8. The Morgan fingerprint density at radius 2 is 2.26 bits per heavy atom. The standard InChI is InChI=1S/C14H14ClNO2S/c1-2-4-11-13(14(17)18)16-12(19-11)8-9-5-3-6-10(15)7-9/h3,5-7H,2,4,8H2,1H3,(H,17,18). The fourth-order valence-electron chi connectivity index (χ4n) is 1.86. The van der Waals surface area contributed by atoms with Crippen molar-refractivity contribution >= 4 is 28.9 Å². The molecule has 0 saturated carbocycles. The Morgan fingerprint density at radius 1 is 1.47 bits per heavy atom. The minimum Gasteiger partial charge on any atom is -0.476 e. The smallest absolute Gasteiger partial charge is 0.355 e. The number of benzene rings is 1. The summed E-state index contributed by atoms with van der Waals surface area (Å²) in [5, 5.41) is 10.6. The van der Waals surface area contributed by atoms with E-state index >= 15 is 0 Å². The maximum atomic E-state index is 11.1. The highest BCUT2D eigenvalue weighted by molar-refractivity contribution is 7.11. The first-order chi connectivity index (χ1) is 9.10. The Bertz CT molecular complexity index is 595. The van der Waals surface area contributed by atoms with Crippen molar-refractivity contribution < 1.29 is 9.90 Å². The minimum atomic E-state index is -0.947. The maximum absolute atomic E-state index is 11.1. The Kier molecular flexibility index (Phi) is 4.56. The first-order valence-corrected chi connectivity index (χ1v) is 7.26. The average Bonchev–Trinajstić information content (AvgIpc) is 2.73. The summed E-state index contributed by atoms with van der Waals surface area (Å²) in [6.07, 6.45) is 2.29. The van der Waals surface area contributed by atoms with E-state index < -0.39 is 5.97 Å². The third kappa shape index (κ3) is 3.55. The van der Waals surface area contributed by atoms with Crippen LogP contribution in [-0.4, -0.2) is 16.1 Å². The van der Waals surface area contributed by atoms with E-state index in [1.165, 1.54) is 11.3 Å². The summed E-state index contributed by atoms with van der Waals surface area (Å²) in [6, 6.07) is 7.55. The molecule has 0 radical (unpaired) electrons. The summed E-state index contributed by atoms with van der Waals surface area (Å²) in [7, 11) is 0. The van der Waals surface area contributed by atoms with Crippen molar-refractivity contribution in [3.05, 3.63) is 50.4 Å². The molecule has 5 heteroatoms. The molecule has 100 valence electrons. The summed E-state index contributed by atoms with van der Waals surface area (Å²) < 4.78 is 0. The average molecular weight is 296 g/mol. The topological polar surface area (TPSA) is 50.2 Å². The number of carbonyl (C=O) groups is 1. The molecule has 3 nitrogen and oxygen atoms in total. The maximum Gasteiger partial charge on any atom is 0.355 e. The third-order valence-electron chi connectivity index (χ3n) is 2.67. The van der Waals surface area contributed by atoms with E-state index in [-0.39, 0.29) is 5.69 Å². The van der Waals surface area contributed by atoms with Crippen molar-refractivity contribution in [1.29, 1.82) is 0 Å². The van der Waals surface area contributed by atoms with Crippen molar-refractivity contribution in [2.24, 2.45) is 0 Å². The Labute approximate surface area is 120 Å². The number of aromatic carboxylic acids is 1. The minimum absolute atomic E-state index is 0.198. The molecule has 0 amide bonds. The van der Waals surface area contributed by atoms with Gasteiger partial charge in [0.2, 0.25) is 0 Å². The van der Waals surface area contributed by atoms with Gasteiger partial charge in [0.15, 0.2) is 5.69 Å². The van der Waals surface area contributed by atoms with E-state index in [0.717, 1.165) is 28.3 Å². The van der Waals surface area contributed by atoms with Crippen LogP contribution in [0.25, 0.3) is 0 Å². The molecule has 2 rings (SSSR count). The molecule has 0 aliphatic heterocycles. The van der Waals surface area contributed by atoms with E-state index in [9.17, 15) is 4.79 Å². The quantitative estimate of drug-likeness (QED) is 0.906. The van der Waals surface area contributed by atoms with Crippen LogP contribution < -0.4 is 0 Å². The second-order valence-electron chi connectivity index (χ2n) is 4.24. The van der Waals surface area contributed by atoms with Gasteiger partial charge in [0, 0.05) is 16.3 Å². The zero-order valence-electron chi connectivity index (χ0n) is 10.5. The number of hydrogen-bond acceptors (Lipinski definition) is 3. The molecule has 0 saturated heterocycles. The summed E-state index contributed by atoms with van der Waals surface area (Å²) in [5.74, 6) is -0.947. The van der Waals surface area contributed by atoms with E-state index in [1.54, 1.807) is 0 Å². The van der Waals surface area contributed by atoms with Gasteiger partial charge in [-0.15, -0.1) is 11.3 Å². The molecule has 0 aliphatic rings. The van der Waals surface area contributed by atoms with Gasteiger partial charge in [-0.1, -0.05) is 37.1 Å². The van der Waals surface area contributed by atoms with Crippen LogP contribution >= 0.6 is 22.9 Å². The number of carboxylic acid groups (broad SMARTS) is 1. The molecular formula is C14H14ClNO2S. The number of rotatable bonds is 5. The van der Waals surface area contributed by atoms with Gasteiger partial charge in [-0.2, -0.15) is 0 Å². The van der Waals surface area contributed by atoms with E-state index in [0.29, 0.717) is 11.4 Å². The SMILES string of the molecule is CCCc1sc(Cc2cccc(Cl)c2)nc1C(=O)O. The Morgan fingerprint density at radius 3 is 2.89 bits per heavy atom. The molecule has 2 aromatic rings. The second kappa shape index (κ2) is 6.17. The van der Waals surface area contributed by atoms with Crippen molar-refractivity contribution in [2.75, 3.05) is 0 Å². The van der Waals surface area contributed by atoms with Gasteiger partial charge in [0.25, 0.3) is 0 Å². The fraction of sp³-hybridized carbons (Fsp3) is 0.286. The molecule has 0 atom stereocenters. The predicted octanol–water partition coefficient (Wildman–Crippen LogP) is 4.04. The fourth-order valence-corrected chi connectivity index (χ4v) is 3.27. The molecule has 1 heterocycles. The molecule has 1 aromatic heterocycles. The monoisotopic (exact) mass is 295 g/mol. The lowest BCUT2D eigenvalue weighted by Gasteiger charge is -1.98. The van der Waals surface area contributed by atoms with Gasteiger partial charge < -0.3 is 5.11 Å². The van der Waals surface area contributed by atoms with Gasteiger partial charge in [-0.05, 0) is 24.1 Å². The number of carboxylic acids is 1. The largest absolute Gasteiger partial charge is 0.476 e. The van der Waals surface area contributed by atoms with E-state index in [4.69, 9.17) is 16.7 Å². The lowest BCUT2D eigenvalue weighted by atomic mass is 10.2. The van der Waals surface area contributed by atoms with E-state index in [2.05, 4.69) is 4.98 Å². The van der Waals surface area contributed by atoms with Crippen LogP contribution in [-0.2, 0) is 12.8 Å². The van der Waals surface area contributed by atoms with Gasteiger partial charge in [0.1, 0.15) is 0 Å². The highest BCUT2D eigenvalue weighted by Crippen LogP contribution is 2.23. The van der Waals surface area contributed by atoms with Crippen molar-refractivity contribution in [1.82, 2.24) is 4.98 Å². The zero-order valence-corrected chi connectivity index (χ0v) is 12.1. The van der Waals surface area contributed by atoms with Crippen LogP contribution in [0.3, 0.4) is 0 Å². The number of halogens is 1. The normalized spacial score (nSPS) is 10.6. The van der Waals surface area contributed by atoms with Gasteiger partial charge in [-0.3, -0.25) is 0 Å². The predicted molar refractivity (Wildman–Crippen MR) is 77.3 cm³/mol. The molecule has 1 aromatic carbocycles. The van der Waals surface area contributed by atoms with Crippen LogP contribution in [0, 0.1) is 0 Å². The Hall–Kier alpha value is -1.39. The van der Waals surface area contributed by atoms with Crippen LogP contribution in [0.5, 0.6) is 0 Å². The highest BCUT2D eigenvalue weighted by atomic mass is 35.5. The lowest BCUT2D eigenvalue weighted by Crippen LogP contribution is -2.01. The van der Waals surface area contributed by atoms with Gasteiger partial charge >= 0.3 is 5.97 Å². The number of thiazole rings is 1. The molecule has 0 aliphatic carbocycles.